The van der Waals surface area contributed by atoms with Crippen molar-refractivity contribution in [3.63, 3.8) is 0 Å². The Hall–Kier alpha value is -0.210. The first-order valence-electron chi connectivity index (χ1n) is 2.78. The first-order chi connectivity index (χ1) is 4.59. The summed E-state index contributed by atoms with van der Waals surface area (Å²) in [5.41, 5.74) is 0.241. The molecule has 2 nitrogen and oxygen atoms in total. The van der Waals surface area contributed by atoms with Crippen molar-refractivity contribution in [1.82, 2.24) is 0 Å². The van der Waals surface area contributed by atoms with Gasteiger partial charge in [-0.05, 0) is 37.0 Å². The number of halogens is 2. The number of hydrogen-bond acceptors (Lipinski definition) is 2. The van der Waals surface area contributed by atoms with Crippen LogP contribution in [0.1, 0.15) is 13.8 Å². The van der Waals surface area contributed by atoms with E-state index in [4.69, 9.17) is 27.9 Å². The van der Waals surface area contributed by atoms with Crippen LogP contribution in [0.2, 0.25) is 0 Å². The summed E-state index contributed by atoms with van der Waals surface area (Å²) >= 11 is 10.6. The molecule has 10 heavy (non-hydrogen) atoms. The van der Waals surface area contributed by atoms with Crippen molar-refractivity contribution in [3.05, 3.63) is 10.8 Å². The average molecular weight is 183 g/mol. The Morgan fingerprint density at radius 1 is 1.50 bits per heavy atom. The van der Waals surface area contributed by atoms with Gasteiger partial charge in [0.15, 0.2) is 5.22 Å². The topological polar surface area (TPSA) is 26.3 Å². The number of allylic oxidation sites excluding steroid dienone is 1. The van der Waals surface area contributed by atoms with Crippen molar-refractivity contribution < 1.29 is 9.53 Å². The van der Waals surface area contributed by atoms with Crippen LogP contribution in [0.5, 0.6) is 0 Å². The van der Waals surface area contributed by atoms with Gasteiger partial charge in [0.05, 0.1) is 12.2 Å². The molecular formula is C6H8Cl2O2. The van der Waals surface area contributed by atoms with Crippen molar-refractivity contribution in [1.29, 1.82) is 0 Å². The Bertz CT molecular complexity index is 163. The third kappa shape index (κ3) is 3.08. The van der Waals surface area contributed by atoms with Crippen LogP contribution >= 0.6 is 23.2 Å². The van der Waals surface area contributed by atoms with E-state index in [-0.39, 0.29) is 10.8 Å². The van der Waals surface area contributed by atoms with Gasteiger partial charge in [0, 0.05) is 0 Å². The lowest BCUT2D eigenvalue weighted by molar-refractivity contribution is -0.108. The molecule has 0 rings (SSSR count). The summed E-state index contributed by atoms with van der Waals surface area (Å²) < 4.78 is 4.80. The maximum atomic E-state index is 10.4. The molecule has 0 unspecified atom stereocenters. The van der Waals surface area contributed by atoms with Gasteiger partial charge >= 0.3 is 0 Å². The van der Waals surface area contributed by atoms with Crippen LogP contribution in [0, 0.1) is 0 Å². The van der Waals surface area contributed by atoms with Gasteiger partial charge in [0.2, 0.25) is 0 Å². The molecule has 0 aliphatic rings. The van der Waals surface area contributed by atoms with E-state index >= 15 is 0 Å². The zero-order valence-corrected chi connectivity index (χ0v) is 7.29. The molecular weight excluding hydrogens is 175 g/mol. The van der Waals surface area contributed by atoms with Crippen LogP contribution in [0.15, 0.2) is 10.8 Å². The average Bonchev–Trinajstić information content (AvgIpc) is 1.87. The van der Waals surface area contributed by atoms with Gasteiger partial charge in [-0.2, -0.15) is 0 Å². The standard InChI is InChI=1S/C6H8Cl2O2/c1-3-10-6(8)4(2)5(7)9/h3H2,1-2H3/b6-4-. The molecule has 0 N–H and O–H groups in total. The number of hydrogen-bond donors (Lipinski definition) is 0. The molecule has 0 radical (unpaired) electrons. The van der Waals surface area contributed by atoms with Crippen molar-refractivity contribution in [2.24, 2.45) is 0 Å². The van der Waals surface area contributed by atoms with Gasteiger partial charge < -0.3 is 4.74 Å². The van der Waals surface area contributed by atoms with Gasteiger partial charge in [0.1, 0.15) is 0 Å². The van der Waals surface area contributed by atoms with Crippen molar-refractivity contribution in [2.45, 2.75) is 13.8 Å². The Kier molecular flexibility index (Phi) is 4.49. The molecule has 0 fully saturated rings. The second kappa shape index (κ2) is 4.58. The lowest BCUT2D eigenvalue weighted by atomic mass is 10.4. The SMILES string of the molecule is CCO/C(Cl)=C(/C)C(=O)Cl. The summed E-state index contributed by atoms with van der Waals surface area (Å²) in [7, 11) is 0. The third-order valence-corrected chi connectivity index (χ3v) is 1.54. The van der Waals surface area contributed by atoms with Crippen LogP contribution in [-0.4, -0.2) is 11.8 Å². The fourth-order valence-electron chi connectivity index (χ4n) is 0.312. The van der Waals surface area contributed by atoms with Crippen LogP contribution in [-0.2, 0) is 9.53 Å². The van der Waals surface area contributed by atoms with Gasteiger partial charge in [-0.25, -0.2) is 0 Å². The molecule has 0 aromatic rings. The highest BCUT2D eigenvalue weighted by Gasteiger charge is 2.05. The highest BCUT2D eigenvalue weighted by molar-refractivity contribution is 6.68. The number of ether oxygens (including phenoxy) is 1. The summed E-state index contributed by atoms with van der Waals surface area (Å²) in [4.78, 5) is 10.4. The lowest BCUT2D eigenvalue weighted by Gasteiger charge is -2.00. The Morgan fingerprint density at radius 2 is 2.00 bits per heavy atom. The minimum absolute atomic E-state index is 0.0718. The molecule has 0 atom stereocenters. The highest BCUT2D eigenvalue weighted by atomic mass is 35.5. The van der Waals surface area contributed by atoms with Crippen LogP contribution in [0.25, 0.3) is 0 Å². The van der Waals surface area contributed by atoms with E-state index in [1.807, 2.05) is 0 Å². The van der Waals surface area contributed by atoms with E-state index in [2.05, 4.69) is 0 Å². The van der Waals surface area contributed by atoms with Crippen molar-refractivity contribution in [3.8, 4) is 0 Å². The van der Waals surface area contributed by atoms with E-state index < -0.39 is 5.24 Å². The minimum Gasteiger partial charge on any atom is -0.483 e. The summed E-state index contributed by atoms with van der Waals surface area (Å²) in [5.74, 6) is 0. The largest absolute Gasteiger partial charge is 0.483 e. The third-order valence-electron chi connectivity index (χ3n) is 0.861. The molecule has 58 valence electrons. The van der Waals surface area contributed by atoms with Crippen molar-refractivity contribution in [2.75, 3.05) is 6.61 Å². The van der Waals surface area contributed by atoms with Crippen LogP contribution in [0.4, 0.5) is 0 Å². The maximum absolute atomic E-state index is 10.4. The van der Waals surface area contributed by atoms with Crippen LogP contribution in [0.3, 0.4) is 0 Å². The first kappa shape index (κ1) is 9.79. The molecule has 0 saturated heterocycles. The van der Waals surface area contributed by atoms with Gasteiger partial charge in [-0.1, -0.05) is 0 Å². The molecule has 0 aliphatic carbocycles. The van der Waals surface area contributed by atoms with E-state index in [0.29, 0.717) is 6.61 Å². The predicted octanol–water partition coefficient (Wildman–Crippen LogP) is 2.26. The molecule has 0 aliphatic heterocycles. The maximum Gasteiger partial charge on any atom is 0.252 e. The van der Waals surface area contributed by atoms with Crippen molar-refractivity contribution >= 4 is 28.4 Å². The van der Waals surface area contributed by atoms with Gasteiger partial charge in [-0.3, -0.25) is 4.79 Å². The van der Waals surface area contributed by atoms with Gasteiger partial charge in [-0.15, -0.1) is 0 Å². The minimum atomic E-state index is -0.585. The quantitative estimate of drug-likeness (QED) is 0.381. The molecule has 0 heterocycles. The fourth-order valence-corrected chi connectivity index (χ4v) is 0.641. The van der Waals surface area contributed by atoms with E-state index in [1.165, 1.54) is 6.92 Å². The monoisotopic (exact) mass is 182 g/mol. The molecule has 0 amide bonds. The van der Waals surface area contributed by atoms with E-state index in [9.17, 15) is 4.79 Å². The van der Waals surface area contributed by atoms with E-state index in [0.717, 1.165) is 0 Å². The number of rotatable bonds is 3. The Balaban J connectivity index is 4.19. The molecule has 0 bridgehead atoms. The second-order valence-corrected chi connectivity index (χ2v) is 2.29. The zero-order valence-electron chi connectivity index (χ0n) is 5.78. The summed E-state index contributed by atoms with van der Waals surface area (Å²) in [6, 6.07) is 0. The highest BCUT2D eigenvalue weighted by Crippen LogP contribution is 2.12. The molecule has 0 spiro atoms. The van der Waals surface area contributed by atoms with Crippen LogP contribution < -0.4 is 0 Å². The number of carbonyl (C=O) groups is 1. The fraction of sp³-hybridized carbons (Fsp3) is 0.500. The first-order valence-corrected chi connectivity index (χ1v) is 3.54. The van der Waals surface area contributed by atoms with E-state index in [1.54, 1.807) is 6.92 Å². The second-order valence-electron chi connectivity index (χ2n) is 1.61. The van der Waals surface area contributed by atoms with Gasteiger partial charge in [0.25, 0.3) is 5.24 Å². The normalized spacial score (nSPS) is 12.4. The summed E-state index contributed by atoms with van der Waals surface area (Å²) in [5, 5.41) is -0.513. The predicted molar refractivity (Wildman–Crippen MR) is 41.0 cm³/mol. The lowest BCUT2D eigenvalue weighted by Crippen LogP contribution is -1.94. The molecule has 0 saturated carbocycles. The summed E-state index contributed by atoms with van der Waals surface area (Å²) in [6.45, 7) is 3.71. The smallest absolute Gasteiger partial charge is 0.252 e. The summed E-state index contributed by atoms with van der Waals surface area (Å²) in [6.07, 6.45) is 0. The Morgan fingerprint density at radius 3 is 2.30 bits per heavy atom. The number of carbonyl (C=O) groups excluding carboxylic acids is 1. The zero-order chi connectivity index (χ0) is 8.15. The molecule has 0 aromatic heterocycles. The Labute approximate surface area is 69.8 Å². The molecule has 4 heteroatoms. The molecule has 0 aromatic carbocycles.